The Labute approximate surface area is 181 Å². The van der Waals surface area contributed by atoms with E-state index in [9.17, 15) is 23.9 Å². The molecule has 1 atom stereocenters. The highest BCUT2D eigenvalue weighted by atomic mass is 19.1. The highest BCUT2D eigenvalue weighted by Gasteiger charge is 2.34. The van der Waals surface area contributed by atoms with Crippen LogP contribution in [0.4, 0.5) is 15.9 Å². The monoisotopic (exact) mass is 438 g/mol. The number of amides is 2. The van der Waals surface area contributed by atoms with Crippen molar-refractivity contribution < 1.29 is 28.6 Å². The van der Waals surface area contributed by atoms with Crippen molar-refractivity contribution >= 4 is 29.3 Å². The highest BCUT2D eigenvalue weighted by Crippen LogP contribution is 2.35. The van der Waals surface area contributed by atoms with Gasteiger partial charge < -0.3 is 20.5 Å². The number of aromatic carboxylic acids is 1. The first kappa shape index (κ1) is 21.0. The second-order valence-corrected chi connectivity index (χ2v) is 7.25. The zero-order chi connectivity index (χ0) is 23.0. The van der Waals surface area contributed by atoms with Crippen molar-refractivity contribution in [2.45, 2.75) is 19.4 Å². The van der Waals surface area contributed by atoms with E-state index in [2.05, 4.69) is 15.7 Å². The number of carboxylic acids is 1. The minimum Gasteiger partial charge on any atom is -0.495 e. The van der Waals surface area contributed by atoms with Gasteiger partial charge in [-0.15, -0.1) is 0 Å². The first-order valence-electron chi connectivity index (χ1n) is 9.65. The van der Waals surface area contributed by atoms with Gasteiger partial charge in [0.25, 0.3) is 0 Å². The fraction of sp³-hybridized carbons (Fsp3) is 0.182. The number of benzene rings is 2. The summed E-state index contributed by atoms with van der Waals surface area (Å²) in [6.45, 7) is 1.75. The lowest BCUT2D eigenvalue weighted by atomic mass is 10.1. The number of methoxy groups -OCH3 is 1. The molecule has 0 bridgehead atoms. The van der Waals surface area contributed by atoms with Crippen molar-refractivity contribution in [3.05, 3.63) is 59.4 Å². The van der Waals surface area contributed by atoms with Gasteiger partial charge in [-0.3, -0.25) is 9.59 Å². The van der Waals surface area contributed by atoms with Crippen molar-refractivity contribution in [3.63, 3.8) is 0 Å². The van der Waals surface area contributed by atoms with Gasteiger partial charge in [0.2, 0.25) is 11.8 Å². The Bertz CT molecular complexity index is 1240. The number of fused-ring (bicyclic) bond motifs is 1. The maximum absolute atomic E-state index is 13.3. The fourth-order valence-corrected chi connectivity index (χ4v) is 3.58. The summed E-state index contributed by atoms with van der Waals surface area (Å²) in [7, 11) is 1.39. The van der Waals surface area contributed by atoms with Crippen LogP contribution in [0.1, 0.15) is 28.4 Å². The predicted octanol–water partition coefficient (Wildman–Crippen LogP) is 3.23. The molecule has 4 rings (SSSR count). The van der Waals surface area contributed by atoms with Crippen molar-refractivity contribution in [2.24, 2.45) is 0 Å². The van der Waals surface area contributed by atoms with Gasteiger partial charge in [0.1, 0.15) is 23.4 Å². The molecule has 0 saturated carbocycles. The number of anilines is 2. The van der Waals surface area contributed by atoms with Crippen LogP contribution in [0.15, 0.2) is 42.5 Å². The lowest BCUT2D eigenvalue weighted by Gasteiger charge is -2.24. The predicted molar refractivity (Wildman–Crippen MR) is 113 cm³/mol. The zero-order valence-corrected chi connectivity index (χ0v) is 17.2. The first-order chi connectivity index (χ1) is 15.3. The van der Waals surface area contributed by atoms with Crippen LogP contribution in [0, 0.1) is 12.7 Å². The van der Waals surface area contributed by atoms with Crippen LogP contribution in [0.5, 0.6) is 5.75 Å². The lowest BCUT2D eigenvalue weighted by Crippen LogP contribution is -2.36. The molecule has 10 heteroatoms. The quantitative estimate of drug-likeness (QED) is 0.562. The zero-order valence-electron chi connectivity index (χ0n) is 17.2. The number of carboxylic acid groups (broad SMARTS) is 1. The van der Waals surface area contributed by atoms with Crippen LogP contribution in [-0.2, 0) is 9.59 Å². The third kappa shape index (κ3) is 3.78. The van der Waals surface area contributed by atoms with Crippen molar-refractivity contribution in [2.75, 3.05) is 17.7 Å². The molecule has 0 radical (unpaired) electrons. The van der Waals surface area contributed by atoms with Crippen LogP contribution in [0.25, 0.3) is 11.3 Å². The van der Waals surface area contributed by atoms with Gasteiger partial charge in [-0.05, 0) is 49.4 Å². The molecule has 1 aliphatic heterocycles. The topological polar surface area (TPSA) is 123 Å². The molecule has 0 spiro atoms. The Morgan fingerprint density at radius 3 is 2.62 bits per heavy atom. The van der Waals surface area contributed by atoms with Gasteiger partial charge in [0.05, 0.1) is 30.5 Å². The van der Waals surface area contributed by atoms with Gasteiger partial charge in [-0.25, -0.2) is 13.9 Å². The standard InChI is InChI=1S/C22H19FN4O5/c1-11-19(12-3-6-14(23)7-4-12)26-27-16(10-18(28)25-20(11)27)21(29)24-15-9-13(22(30)31)5-8-17(15)32-2/h3-9,16H,10H2,1-2H3,(H,24,29)(H,25,28)(H,30,31). The molecule has 164 valence electrons. The van der Waals surface area contributed by atoms with Gasteiger partial charge >= 0.3 is 5.97 Å². The van der Waals surface area contributed by atoms with Crippen LogP contribution in [0.3, 0.4) is 0 Å². The summed E-state index contributed by atoms with van der Waals surface area (Å²) < 4.78 is 19.9. The molecule has 32 heavy (non-hydrogen) atoms. The molecule has 9 nitrogen and oxygen atoms in total. The smallest absolute Gasteiger partial charge is 0.335 e. The summed E-state index contributed by atoms with van der Waals surface area (Å²) in [5.41, 5.74) is 1.90. The minimum atomic E-state index is -1.16. The van der Waals surface area contributed by atoms with Crippen LogP contribution in [-0.4, -0.2) is 39.8 Å². The molecule has 2 heterocycles. The Hall–Kier alpha value is -4.21. The summed E-state index contributed by atoms with van der Waals surface area (Å²) >= 11 is 0. The molecule has 1 unspecified atom stereocenters. The van der Waals surface area contributed by atoms with Gasteiger partial charge in [-0.1, -0.05) is 0 Å². The number of nitrogens with one attached hydrogen (secondary N) is 2. The number of halogens is 1. The maximum atomic E-state index is 13.3. The molecular formula is C22H19FN4O5. The third-order valence-electron chi connectivity index (χ3n) is 5.20. The number of hydrogen-bond donors (Lipinski definition) is 3. The number of aromatic nitrogens is 2. The van der Waals surface area contributed by atoms with E-state index < -0.39 is 23.7 Å². The van der Waals surface area contributed by atoms with E-state index >= 15 is 0 Å². The number of carbonyl (C=O) groups excluding carboxylic acids is 2. The first-order valence-corrected chi connectivity index (χ1v) is 9.65. The number of carbonyl (C=O) groups is 3. The number of ether oxygens (including phenoxy) is 1. The van der Waals surface area contributed by atoms with E-state index in [-0.39, 0.29) is 29.3 Å². The van der Waals surface area contributed by atoms with Gasteiger partial charge in [-0.2, -0.15) is 5.10 Å². The Kier molecular flexibility index (Phi) is 5.35. The molecule has 0 fully saturated rings. The Balaban J connectivity index is 1.70. The second kappa shape index (κ2) is 8.14. The van der Waals surface area contributed by atoms with Crippen LogP contribution < -0.4 is 15.4 Å². The van der Waals surface area contributed by atoms with Crippen molar-refractivity contribution in [1.29, 1.82) is 0 Å². The van der Waals surface area contributed by atoms with E-state index in [0.29, 0.717) is 22.6 Å². The van der Waals surface area contributed by atoms with E-state index in [1.54, 1.807) is 19.1 Å². The maximum Gasteiger partial charge on any atom is 0.335 e. The Morgan fingerprint density at radius 1 is 1.25 bits per heavy atom. The molecule has 3 N–H and O–H groups in total. The Morgan fingerprint density at radius 2 is 1.97 bits per heavy atom. The molecule has 2 amide bonds. The van der Waals surface area contributed by atoms with Crippen molar-refractivity contribution in [1.82, 2.24) is 9.78 Å². The summed E-state index contributed by atoms with van der Waals surface area (Å²) in [6.07, 6.45) is -0.163. The number of rotatable bonds is 5. The number of hydrogen-bond acceptors (Lipinski definition) is 5. The lowest BCUT2D eigenvalue weighted by molar-refractivity contribution is -0.125. The van der Waals surface area contributed by atoms with Crippen molar-refractivity contribution in [3.8, 4) is 17.0 Å². The largest absolute Gasteiger partial charge is 0.495 e. The SMILES string of the molecule is COc1ccc(C(=O)O)cc1NC(=O)C1CC(=O)Nc2c(C)c(-c3ccc(F)cc3)nn21. The van der Waals surface area contributed by atoms with E-state index in [0.717, 1.165) is 0 Å². The van der Waals surface area contributed by atoms with Crippen LogP contribution in [0.2, 0.25) is 0 Å². The normalized spacial score (nSPS) is 15.0. The van der Waals surface area contributed by atoms with E-state index in [4.69, 9.17) is 4.74 Å². The van der Waals surface area contributed by atoms with E-state index in [1.807, 2.05) is 0 Å². The van der Waals surface area contributed by atoms with Crippen LogP contribution >= 0.6 is 0 Å². The molecule has 0 aliphatic carbocycles. The number of nitrogens with zero attached hydrogens (tertiary/aromatic N) is 2. The average molecular weight is 438 g/mol. The summed E-state index contributed by atoms with van der Waals surface area (Å²) in [6, 6.07) is 8.82. The second-order valence-electron chi connectivity index (χ2n) is 7.25. The summed E-state index contributed by atoms with van der Waals surface area (Å²) in [5, 5.41) is 19.1. The van der Waals surface area contributed by atoms with Gasteiger partial charge in [0.15, 0.2) is 0 Å². The fourth-order valence-electron chi connectivity index (χ4n) is 3.58. The molecule has 1 aromatic heterocycles. The van der Waals surface area contributed by atoms with Gasteiger partial charge in [0, 0.05) is 11.1 Å². The molecule has 2 aromatic carbocycles. The highest BCUT2D eigenvalue weighted by molar-refractivity contribution is 6.03. The molecular weight excluding hydrogens is 419 g/mol. The molecule has 0 saturated heterocycles. The summed E-state index contributed by atoms with van der Waals surface area (Å²) in [4.78, 5) is 36.7. The van der Waals surface area contributed by atoms with E-state index in [1.165, 1.54) is 42.1 Å². The average Bonchev–Trinajstić information content (AvgIpc) is 3.10. The minimum absolute atomic E-state index is 0.0308. The third-order valence-corrected chi connectivity index (χ3v) is 5.20. The summed E-state index contributed by atoms with van der Waals surface area (Å²) in [5.74, 6) is -1.83. The molecule has 1 aliphatic rings. The molecule has 3 aromatic rings.